The van der Waals surface area contributed by atoms with E-state index in [1.165, 1.54) is 5.56 Å². The predicted molar refractivity (Wildman–Crippen MR) is 79.8 cm³/mol. The highest BCUT2D eigenvalue weighted by molar-refractivity contribution is 5.89. The molecule has 0 radical (unpaired) electrons. The maximum Gasteiger partial charge on any atom is 0.319 e. The van der Waals surface area contributed by atoms with Gasteiger partial charge in [0.2, 0.25) is 0 Å². The summed E-state index contributed by atoms with van der Waals surface area (Å²) < 4.78 is 0. The number of rotatable bonds is 5. The van der Waals surface area contributed by atoms with Gasteiger partial charge in [0.25, 0.3) is 0 Å². The molecule has 0 aliphatic heterocycles. The van der Waals surface area contributed by atoms with Crippen LogP contribution in [0.4, 0.5) is 10.5 Å². The first-order valence-corrected chi connectivity index (χ1v) is 6.73. The highest BCUT2D eigenvalue weighted by Crippen LogP contribution is 2.08. The summed E-state index contributed by atoms with van der Waals surface area (Å²) in [5.41, 5.74) is 3.47. The van der Waals surface area contributed by atoms with Gasteiger partial charge in [0.05, 0.1) is 17.8 Å². The number of aromatic nitrogens is 2. The molecular formula is C15H17N5O. The standard InChI is InChI=1S/C15H17N5O/c1-11-13(10-18-20-11)3-2-8-17-15(21)19-14-6-4-12(9-16)5-7-14/h4-7,10H,2-3,8H2,1H3,(H,18,20)(H2,17,19,21). The molecule has 2 aromatic rings. The summed E-state index contributed by atoms with van der Waals surface area (Å²) in [6.07, 6.45) is 3.53. The smallest absolute Gasteiger partial charge is 0.319 e. The van der Waals surface area contributed by atoms with E-state index >= 15 is 0 Å². The zero-order valence-electron chi connectivity index (χ0n) is 11.8. The molecule has 0 atom stereocenters. The molecule has 1 heterocycles. The van der Waals surface area contributed by atoms with Gasteiger partial charge in [-0.2, -0.15) is 10.4 Å². The first-order chi connectivity index (χ1) is 10.2. The van der Waals surface area contributed by atoms with Crippen LogP contribution in [0.5, 0.6) is 0 Å². The van der Waals surface area contributed by atoms with Crippen LogP contribution in [0.3, 0.4) is 0 Å². The first-order valence-electron chi connectivity index (χ1n) is 6.73. The summed E-state index contributed by atoms with van der Waals surface area (Å²) in [5, 5.41) is 21.1. The SMILES string of the molecule is Cc1[nH]ncc1CCCNC(=O)Nc1ccc(C#N)cc1. The average Bonchev–Trinajstić information content (AvgIpc) is 2.90. The number of amides is 2. The second-order valence-corrected chi connectivity index (χ2v) is 4.69. The van der Waals surface area contributed by atoms with Crippen molar-refractivity contribution in [3.05, 3.63) is 47.3 Å². The van der Waals surface area contributed by atoms with Crippen LogP contribution >= 0.6 is 0 Å². The molecule has 0 saturated heterocycles. The van der Waals surface area contributed by atoms with Gasteiger partial charge in [0.1, 0.15) is 0 Å². The third kappa shape index (κ3) is 4.35. The molecule has 0 saturated carbocycles. The van der Waals surface area contributed by atoms with Gasteiger partial charge in [0.15, 0.2) is 0 Å². The van der Waals surface area contributed by atoms with E-state index in [2.05, 4.69) is 20.8 Å². The lowest BCUT2D eigenvalue weighted by atomic mass is 10.1. The van der Waals surface area contributed by atoms with Gasteiger partial charge in [-0.3, -0.25) is 5.10 Å². The van der Waals surface area contributed by atoms with Gasteiger partial charge < -0.3 is 10.6 Å². The number of nitrogens with one attached hydrogen (secondary N) is 3. The van der Waals surface area contributed by atoms with E-state index < -0.39 is 0 Å². The molecule has 0 aliphatic rings. The molecule has 0 spiro atoms. The van der Waals surface area contributed by atoms with E-state index in [0.717, 1.165) is 18.5 Å². The Morgan fingerprint density at radius 1 is 1.38 bits per heavy atom. The molecule has 0 fully saturated rings. The van der Waals surface area contributed by atoms with Gasteiger partial charge >= 0.3 is 6.03 Å². The lowest BCUT2D eigenvalue weighted by Crippen LogP contribution is -2.29. The second-order valence-electron chi connectivity index (χ2n) is 4.69. The molecule has 6 heteroatoms. The van der Waals surface area contributed by atoms with Crippen molar-refractivity contribution in [2.45, 2.75) is 19.8 Å². The van der Waals surface area contributed by atoms with E-state index in [4.69, 9.17) is 5.26 Å². The van der Waals surface area contributed by atoms with Gasteiger partial charge in [-0.05, 0) is 49.6 Å². The zero-order valence-corrected chi connectivity index (χ0v) is 11.8. The lowest BCUT2D eigenvalue weighted by Gasteiger charge is -2.07. The predicted octanol–water partition coefficient (Wildman–Crippen LogP) is 2.34. The van der Waals surface area contributed by atoms with E-state index in [0.29, 0.717) is 17.8 Å². The van der Waals surface area contributed by atoms with Gasteiger partial charge in [-0.15, -0.1) is 0 Å². The number of nitrogens with zero attached hydrogens (tertiary/aromatic N) is 2. The number of carbonyl (C=O) groups is 1. The van der Waals surface area contributed by atoms with E-state index in [-0.39, 0.29) is 6.03 Å². The van der Waals surface area contributed by atoms with Crippen molar-refractivity contribution in [3.8, 4) is 6.07 Å². The number of hydrogen-bond acceptors (Lipinski definition) is 3. The fraction of sp³-hybridized carbons (Fsp3) is 0.267. The number of hydrogen-bond donors (Lipinski definition) is 3. The molecule has 0 bridgehead atoms. The summed E-state index contributed by atoms with van der Waals surface area (Å²) in [7, 11) is 0. The Morgan fingerprint density at radius 2 is 2.14 bits per heavy atom. The molecule has 108 valence electrons. The Hall–Kier alpha value is -2.81. The molecule has 1 aromatic carbocycles. The summed E-state index contributed by atoms with van der Waals surface area (Å²) in [4.78, 5) is 11.7. The minimum atomic E-state index is -0.247. The van der Waals surface area contributed by atoms with Crippen molar-refractivity contribution in [2.24, 2.45) is 0 Å². The highest BCUT2D eigenvalue weighted by Gasteiger charge is 2.03. The number of nitriles is 1. The van der Waals surface area contributed by atoms with Gasteiger partial charge in [0, 0.05) is 17.9 Å². The Kier molecular flexibility index (Phi) is 4.94. The fourth-order valence-corrected chi connectivity index (χ4v) is 1.91. The summed E-state index contributed by atoms with van der Waals surface area (Å²) >= 11 is 0. The molecule has 6 nitrogen and oxygen atoms in total. The lowest BCUT2D eigenvalue weighted by molar-refractivity contribution is 0.252. The molecule has 21 heavy (non-hydrogen) atoms. The number of H-pyrrole nitrogens is 1. The van der Waals surface area contributed by atoms with Crippen LogP contribution in [-0.2, 0) is 6.42 Å². The topological polar surface area (TPSA) is 93.6 Å². The zero-order chi connectivity index (χ0) is 15.1. The van der Waals surface area contributed by atoms with E-state index in [1.807, 2.05) is 19.2 Å². The number of urea groups is 1. The summed E-state index contributed by atoms with van der Waals surface area (Å²) in [5.74, 6) is 0. The molecular weight excluding hydrogens is 266 g/mol. The maximum atomic E-state index is 11.7. The molecule has 1 aromatic heterocycles. The number of anilines is 1. The van der Waals surface area contributed by atoms with E-state index in [9.17, 15) is 4.79 Å². The van der Waals surface area contributed by atoms with Crippen LogP contribution < -0.4 is 10.6 Å². The van der Waals surface area contributed by atoms with Crippen molar-refractivity contribution >= 4 is 11.7 Å². The van der Waals surface area contributed by atoms with Crippen molar-refractivity contribution in [3.63, 3.8) is 0 Å². The summed E-state index contributed by atoms with van der Waals surface area (Å²) in [6, 6.07) is 8.52. The minimum absolute atomic E-state index is 0.247. The number of aryl methyl sites for hydroxylation is 2. The van der Waals surface area contributed by atoms with Crippen LogP contribution in [0.25, 0.3) is 0 Å². The molecule has 0 aliphatic carbocycles. The molecule has 3 N–H and O–H groups in total. The number of benzene rings is 1. The Labute approximate surface area is 123 Å². The van der Waals surface area contributed by atoms with Crippen molar-refractivity contribution in [1.82, 2.24) is 15.5 Å². The van der Waals surface area contributed by atoms with Crippen molar-refractivity contribution < 1.29 is 4.79 Å². The third-order valence-corrected chi connectivity index (χ3v) is 3.11. The Morgan fingerprint density at radius 3 is 2.76 bits per heavy atom. The normalized spacial score (nSPS) is 9.90. The third-order valence-electron chi connectivity index (χ3n) is 3.11. The Balaban J connectivity index is 1.70. The first kappa shape index (κ1) is 14.6. The fourth-order valence-electron chi connectivity index (χ4n) is 1.91. The quantitative estimate of drug-likeness (QED) is 0.735. The molecule has 2 amide bonds. The maximum absolute atomic E-state index is 11.7. The highest BCUT2D eigenvalue weighted by atomic mass is 16.2. The second kappa shape index (κ2) is 7.10. The molecule has 2 rings (SSSR count). The van der Waals surface area contributed by atoms with Crippen LogP contribution in [0.2, 0.25) is 0 Å². The van der Waals surface area contributed by atoms with Crippen LogP contribution in [-0.4, -0.2) is 22.8 Å². The molecule has 0 unspecified atom stereocenters. The van der Waals surface area contributed by atoms with E-state index in [1.54, 1.807) is 24.3 Å². The monoisotopic (exact) mass is 283 g/mol. The number of aromatic amines is 1. The van der Waals surface area contributed by atoms with Crippen molar-refractivity contribution in [1.29, 1.82) is 5.26 Å². The van der Waals surface area contributed by atoms with Crippen LogP contribution in [0.15, 0.2) is 30.5 Å². The van der Waals surface area contributed by atoms with Gasteiger partial charge in [-0.25, -0.2) is 4.79 Å². The Bertz CT molecular complexity index is 639. The van der Waals surface area contributed by atoms with Crippen molar-refractivity contribution in [2.75, 3.05) is 11.9 Å². The largest absolute Gasteiger partial charge is 0.338 e. The van der Waals surface area contributed by atoms with Crippen LogP contribution in [0, 0.1) is 18.3 Å². The number of carbonyl (C=O) groups excluding carboxylic acids is 1. The van der Waals surface area contributed by atoms with Gasteiger partial charge in [-0.1, -0.05) is 0 Å². The average molecular weight is 283 g/mol. The summed E-state index contributed by atoms with van der Waals surface area (Å²) in [6.45, 7) is 2.57. The minimum Gasteiger partial charge on any atom is -0.338 e. The van der Waals surface area contributed by atoms with Crippen LogP contribution in [0.1, 0.15) is 23.2 Å².